The molecule has 2 heterocycles. The van der Waals surface area contributed by atoms with Crippen molar-refractivity contribution in [3.63, 3.8) is 0 Å². The molecule has 1 aliphatic carbocycles. The van der Waals surface area contributed by atoms with Gasteiger partial charge in [0.15, 0.2) is 0 Å². The van der Waals surface area contributed by atoms with E-state index in [0.29, 0.717) is 24.6 Å². The highest BCUT2D eigenvalue weighted by Gasteiger charge is 2.17. The minimum Gasteiger partial charge on any atom is -0.326 e. The first-order valence-electron chi connectivity index (χ1n) is 9.89. The van der Waals surface area contributed by atoms with Gasteiger partial charge in [-0.3, -0.25) is 9.59 Å². The lowest BCUT2D eigenvalue weighted by Crippen LogP contribution is -2.22. The first-order valence-corrected chi connectivity index (χ1v) is 10.7. The van der Waals surface area contributed by atoms with Crippen LogP contribution in [0.4, 0.5) is 5.69 Å². The second kappa shape index (κ2) is 9.78. The molecule has 0 aliphatic heterocycles. The predicted molar refractivity (Wildman–Crippen MR) is 108 cm³/mol. The summed E-state index contributed by atoms with van der Waals surface area (Å²) in [5.74, 6) is 0.516. The molecule has 0 radical (unpaired) electrons. The van der Waals surface area contributed by atoms with Crippen LogP contribution < -0.4 is 10.9 Å². The summed E-state index contributed by atoms with van der Waals surface area (Å²) in [7, 11) is 0. The molecule has 3 rings (SSSR count). The average molecular weight is 389 g/mol. The fraction of sp³-hybridized carbons (Fsp3) is 0.600. The summed E-state index contributed by atoms with van der Waals surface area (Å²) < 4.78 is 1.70. The Morgan fingerprint density at radius 2 is 2.07 bits per heavy atom. The van der Waals surface area contributed by atoms with E-state index < -0.39 is 0 Å². The standard InChI is InChI=1S/C20H28N4O2S/c1-15-22-23-19(27-15)9-5-6-11-24-12-10-17(14-20(24)26)21-18(25)13-16-7-3-2-4-8-16/h10,12,14,16H,2-9,11,13H2,1H3,(H,21,25). The van der Waals surface area contributed by atoms with Crippen LogP contribution in [0.25, 0.3) is 0 Å². The lowest BCUT2D eigenvalue weighted by atomic mass is 9.87. The topological polar surface area (TPSA) is 76.9 Å². The number of carbonyl (C=O) groups excluding carboxylic acids is 1. The molecule has 2 aromatic heterocycles. The van der Waals surface area contributed by atoms with Crippen molar-refractivity contribution >= 4 is 22.9 Å². The molecule has 146 valence electrons. The number of unbranched alkanes of at least 4 members (excludes halogenated alkanes) is 1. The molecule has 0 atom stereocenters. The summed E-state index contributed by atoms with van der Waals surface area (Å²) in [5.41, 5.74) is 0.527. The Hall–Kier alpha value is -2.02. The Morgan fingerprint density at radius 3 is 2.78 bits per heavy atom. The van der Waals surface area contributed by atoms with Gasteiger partial charge < -0.3 is 9.88 Å². The monoisotopic (exact) mass is 388 g/mol. The van der Waals surface area contributed by atoms with Crippen LogP contribution in [0.5, 0.6) is 0 Å². The molecule has 27 heavy (non-hydrogen) atoms. The normalized spacial score (nSPS) is 15.0. The molecule has 2 aromatic rings. The number of anilines is 1. The van der Waals surface area contributed by atoms with E-state index in [9.17, 15) is 9.59 Å². The second-order valence-electron chi connectivity index (χ2n) is 7.38. The van der Waals surface area contributed by atoms with Gasteiger partial charge >= 0.3 is 0 Å². The number of aromatic nitrogens is 3. The molecule has 1 aliphatic rings. The molecule has 1 amide bonds. The third-order valence-corrected chi connectivity index (χ3v) is 5.98. The molecule has 7 heteroatoms. The molecule has 0 aromatic carbocycles. The minimum absolute atomic E-state index is 0.0198. The maximum absolute atomic E-state index is 12.3. The summed E-state index contributed by atoms with van der Waals surface area (Å²) in [6, 6.07) is 3.33. The molecule has 0 spiro atoms. The number of hydrogen-bond acceptors (Lipinski definition) is 5. The van der Waals surface area contributed by atoms with Crippen LogP contribution in [0.2, 0.25) is 0 Å². The van der Waals surface area contributed by atoms with E-state index in [1.807, 2.05) is 13.0 Å². The lowest BCUT2D eigenvalue weighted by Gasteiger charge is -2.20. The van der Waals surface area contributed by atoms with Crippen molar-refractivity contribution in [2.75, 3.05) is 5.32 Å². The van der Waals surface area contributed by atoms with E-state index >= 15 is 0 Å². The number of amides is 1. The van der Waals surface area contributed by atoms with Crippen molar-refractivity contribution in [3.8, 4) is 0 Å². The Kier molecular flexibility index (Phi) is 7.15. The van der Waals surface area contributed by atoms with Gasteiger partial charge in [-0.2, -0.15) is 0 Å². The quantitative estimate of drug-likeness (QED) is 0.695. The largest absolute Gasteiger partial charge is 0.326 e. The van der Waals surface area contributed by atoms with Crippen molar-refractivity contribution in [2.24, 2.45) is 5.92 Å². The molecule has 1 saturated carbocycles. The van der Waals surface area contributed by atoms with Crippen molar-refractivity contribution in [2.45, 2.75) is 71.3 Å². The summed E-state index contributed by atoms with van der Waals surface area (Å²) in [6.45, 7) is 2.63. The number of rotatable bonds is 8. The highest BCUT2D eigenvalue weighted by atomic mass is 32.1. The maximum Gasteiger partial charge on any atom is 0.252 e. The van der Waals surface area contributed by atoms with Crippen molar-refractivity contribution in [1.29, 1.82) is 0 Å². The Bertz CT molecular complexity index is 808. The van der Waals surface area contributed by atoms with Crippen LogP contribution in [0.15, 0.2) is 23.1 Å². The molecule has 0 saturated heterocycles. The zero-order valence-corrected chi connectivity index (χ0v) is 16.8. The summed E-state index contributed by atoms with van der Waals surface area (Å²) in [6.07, 6.45) is 11.2. The zero-order valence-electron chi connectivity index (χ0n) is 15.9. The third kappa shape index (κ3) is 6.27. The summed E-state index contributed by atoms with van der Waals surface area (Å²) >= 11 is 1.63. The van der Waals surface area contributed by atoms with E-state index in [4.69, 9.17) is 0 Å². The molecular formula is C20H28N4O2S. The zero-order chi connectivity index (χ0) is 19.1. The van der Waals surface area contributed by atoms with E-state index in [2.05, 4.69) is 15.5 Å². The van der Waals surface area contributed by atoms with Gasteiger partial charge in [0.25, 0.3) is 5.56 Å². The van der Waals surface area contributed by atoms with Gasteiger partial charge in [0, 0.05) is 37.3 Å². The molecule has 6 nitrogen and oxygen atoms in total. The average Bonchev–Trinajstić information content (AvgIpc) is 3.06. The van der Waals surface area contributed by atoms with Crippen LogP contribution in [-0.2, 0) is 17.8 Å². The number of carbonyl (C=O) groups is 1. The Balaban J connectivity index is 1.43. The summed E-state index contributed by atoms with van der Waals surface area (Å²) in [5, 5.41) is 13.1. The smallest absolute Gasteiger partial charge is 0.252 e. The Labute approximate surface area is 164 Å². The molecule has 0 bridgehead atoms. The molecule has 1 N–H and O–H groups in total. The van der Waals surface area contributed by atoms with Crippen LogP contribution in [0.3, 0.4) is 0 Å². The van der Waals surface area contributed by atoms with E-state index in [1.54, 1.807) is 22.1 Å². The van der Waals surface area contributed by atoms with Crippen LogP contribution in [0, 0.1) is 12.8 Å². The van der Waals surface area contributed by atoms with Gasteiger partial charge in [-0.15, -0.1) is 21.5 Å². The van der Waals surface area contributed by atoms with Crippen LogP contribution in [0.1, 0.15) is 61.4 Å². The SMILES string of the molecule is Cc1nnc(CCCCn2ccc(NC(=O)CC3CCCCC3)cc2=O)s1. The molecule has 0 unspecified atom stereocenters. The summed E-state index contributed by atoms with van der Waals surface area (Å²) in [4.78, 5) is 24.5. The highest BCUT2D eigenvalue weighted by molar-refractivity contribution is 7.11. The Morgan fingerprint density at radius 1 is 1.26 bits per heavy atom. The molecule has 1 fully saturated rings. The van der Waals surface area contributed by atoms with Gasteiger partial charge in [0.2, 0.25) is 5.91 Å². The van der Waals surface area contributed by atoms with E-state index in [1.165, 1.54) is 25.3 Å². The fourth-order valence-corrected chi connectivity index (χ4v) is 4.38. The minimum atomic E-state index is -0.0720. The van der Waals surface area contributed by atoms with Crippen molar-refractivity contribution < 1.29 is 4.79 Å². The first kappa shape index (κ1) is 19.7. The van der Waals surface area contributed by atoms with Crippen molar-refractivity contribution in [1.82, 2.24) is 14.8 Å². The van der Waals surface area contributed by atoms with E-state index in [0.717, 1.165) is 42.1 Å². The molecular weight excluding hydrogens is 360 g/mol. The number of hydrogen-bond donors (Lipinski definition) is 1. The number of pyridine rings is 1. The number of aryl methyl sites for hydroxylation is 3. The van der Waals surface area contributed by atoms with Crippen molar-refractivity contribution in [3.05, 3.63) is 38.7 Å². The van der Waals surface area contributed by atoms with Gasteiger partial charge in [-0.05, 0) is 44.6 Å². The first-order chi connectivity index (χ1) is 13.1. The second-order valence-corrected chi connectivity index (χ2v) is 8.64. The number of nitrogens with zero attached hydrogens (tertiary/aromatic N) is 3. The van der Waals surface area contributed by atoms with Gasteiger partial charge in [0.05, 0.1) is 0 Å². The predicted octanol–water partition coefficient (Wildman–Crippen LogP) is 3.94. The lowest BCUT2D eigenvalue weighted by molar-refractivity contribution is -0.117. The van der Waals surface area contributed by atoms with Crippen LogP contribution in [-0.4, -0.2) is 20.7 Å². The third-order valence-electron chi connectivity index (χ3n) is 5.09. The van der Waals surface area contributed by atoms with Gasteiger partial charge in [-0.1, -0.05) is 19.3 Å². The van der Waals surface area contributed by atoms with Crippen LogP contribution >= 0.6 is 11.3 Å². The van der Waals surface area contributed by atoms with E-state index in [-0.39, 0.29) is 11.5 Å². The van der Waals surface area contributed by atoms with Gasteiger partial charge in [0.1, 0.15) is 10.0 Å². The fourth-order valence-electron chi connectivity index (χ4n) is 3.63. The maximum atomic E-state index is 12.3. The number of nitrogens with one attached hydrogen (secondary N) is 1. The highest BCUT2D eigenvalue weighted by Crippen LogP contribution is 2.26. The van der Waals surface area contributed by atoms with Gasteiger partial charge in [-0.25, -0.2) is 0 Å².